The van der Waals surface area contributed by atoms with Crippen molar-refractivity contribution < 1.29 is 9.53 Å². The number of amides is 1. The Kier molecular flexibility index (Phi) is 5.08. The van der Waals surface area contributed by atoms with Crippen LogP contribution in [-0.4, -0.2) is 23.1 Å². The Labute approximate surface area is 132 Å². The molecule has 21 heavy (non-hydrogen) atoms. The maximum Gasteiger partial charge on any atom is 0.261 e. The van der Waals surface area contributed by atoms with Crippen LogP contribution < -0.4 is 15.4 Å². The summed E-state index contributed by atoms with van der Waals surface area (Å²) in [6, 6.07) is 10.2. The number of aromatic nitrogens is 1. The van der Waals surface area contributed by atoms with E-state index in [4.69, 9.17) is 28.6 Å². The number of hydrogen-bond donors (Lipinski definition) is 2. The summed E-state index contributed by atoms with van der Waals surface area (Å²) < 4.78 is 5.13. The number of carbonyl (C=O) groups is 1. The molecule has 0 bridgehead atoms. The van der Waals surface area contributed by atoms with Gasteiger partial charge in [0.25, 0.3) is 5.91 Å². The van der Waals surface area contributed by atoms with Crippen molar-refractivity contribution in [1.29, 1.82) is 0 Å². The first-order valence-electron chi connectivity index (χ1n) is 5.97. The Hall–Kier alpha value is -2.18. The zero-order valence-electron chi connectivity index (χ0n) is 11.1. The van der Waals surface area contributed by atoms with E-state index in [1.807, 2.05) is 0 Å². The summed E-state index contributed by atoms with van der Waals surface area (Å²) >= 11 is 10.8. The molecule has 0 radical (unpaired) electrons. The van der Waals surface area contributed by atoms with Crippen molar-refractivity contribution >= 4 is 40.7 Å². The highest BCUT2D eigenvalue weighted by Gasteiger charge is 2.12. The second-order valence-electron chi connectivity index (χ2n) is 3.97. The van der Waals surface area contributed by atoms with Gasteiger partial charge in [-0.2, -0.15) is 0 Å². The van der Waals surface area contributed by atoms with Crippen LogP contribution in [0.5, 0.6) is 5.75 Å². The highest BCUT2D eigenvalue weighted by Crippen LogP contribution is 2.17. The number of nitrogens with one attached hydrogen (secondary N) is 2. The van der Waals surface area contributed by atoms with Gasteiger partial charge in [-0.3, -0.25) is 10.1 Å². The van der Waals surface area contributed by atoms with E-state index in [9.17, 15) is 4.79 Å². The van der Waals surface area contributed by atoms with E-state index in [-0.39, 0.29) is 11.0 Å². The van der Waals surface area contributed by atoms with E-state index in [0.717, 1.165) is 0 Å². The topological polar surface area (TPSA) is 63.2 Å². The van der Waals surface area contributed by atoms with Gasteiger partial charge in [-0.25, -0.2) is 4.98 Å². The van der Waals surface area contributed by atoms with Gasteiger partial charge in [0, 0.05) is 6.20 Å². The number of rotatable bonds is 3. The summed E-state index contributed by atoms with van der Waals surface area (Å²) in [6.07, 6.45) is 1.48. The van der Waals surface area contributed by atoms with Gasteiger partial charge in [0.2, 0.25) is 0 Å². The number of methoxy groups -OCH3 is 1. The Bertz CT molecular complexity index is 662. The van der Waals surface area contributed by atoms with E-state index in [1.165, 1.54) is 13.3 Å². The highest BCUT2D eigenvalue weighted by atomic mass is 35.5. The fourth-order valence-corrected chi connectivity index (χ4v) is 1.91. The molecule has 0 aliphatic carbocycles. The predicted octanol–water partition coefficient (Wildman–Crippen LogP) is 2.87. The minimum Gasteiger partial charge on any atom is -0.496 e. The summed E-state index contributed by atoms with van der Waals surface area (Å²) in [5, 5.41) is 6.02. The van der Waals surface area contributed by atoms with E-state index < -0.39 is 0 Å². The van der Waals surface area contributed by atoms with Gasteiger partial charge >= 0.3 is 0 Å². The zero-order chi connectivity index (χ0) is 15.2. The van der Waals surface area contributed by atoms with Crippen LogP contribution in [0, 0.1) is 0 Å². The number of para-hydroxylation sites is 1. The quantitative estimate of drug-likeness (QED) is 0.851. The van der Waals surface area contributed by atoms with Crippen molar-refractivity contribution in [1.82, 2.24) is 10.3 Å². The minimum atomic E-state index is -0.362. The first kappa shape index (κ1) is 15.2. The van der Waals surface area contributed by atoms with Gasteiger partial charge in [-0.15, -0.1) is 0 Å². The lowest BCUT2D eigenvalue weighted by atomic mass is 10.2. The SMILES string of the molecule is COc1ccccc1C(=O)NC(=S)Nc1ccc(Cl)cn1. The standard InChI is InChI=1S/C14H12ClN3O2S/c1-20-11-5-3-2-4-10(11)13(19)18-14(21)17-12-7-6-9(15)8-16-12/h2-8H,1H3,(H2,16,17,18,19,21). The molecule has 0 unspecified atom stereocenters. The normalized spacial score (nSPS) is 9.81. The van der Waals surface area contributed by atoms with Crippen molar-refractivity contribution in [3.8, 4) is 5.75 Å². The van der Waals surface area contributed by atoms with Crippen LogP contribution in [0.2, 0.25) is 5.02 Å². The summed E-state index contributed by atoms with van der Waals surface area (Å²) in [5.74, 6) is 0.603. The smallest absolute Gasteiger partial charge is 0.261 e. The molecule has 0 spiro atoms. The molecule has 2 N–H and O–H groups in total. The number of ether oxygens (including phenoxy) is 1. The molecule has 7 heteroatoms. The van der Waals surface area contributed by atoms with Crippen LogP contribution in [0.25, 0.3) is 0 Å². The second-order valence-corrected chi connectivity index (χ2v) is 4.81. The van der Waals surface area contributed by atoms with Crippen molar-refractivity contribution in [3.05, 3.63) is 53.2 Å². The van der Waals surface area contributed by atoms with Gasteiger partial charge in [0.1, 0.15) is 11.6 Å². The fourth-order valence-electron chi connectivity index (χ4n) is 1.60. The van der Waals surface area contributed by atoms with Gasteiger partial charge in [0.15, 0.2) is 5.11 Å². The summed E-state index contributed by atoms with van der Waals surface area (Å²) in [6.45, 7) is 0. The van der Waals surface area contributed by atoms with Gasteiger partial charge < -0.3 is 10.1 Å². The van der Waals surface area contributed by atoms with Crippen LogP contribution >= 0.6 is 23.8 Å². The van der Waals surface area contributed by atoms with Crippen LogP contribution in [0.4, 0.5) is 5.82 Å². The van der Waals surface area contributed by atoms with Crippen LogP contribution in [0.15, 0.2) is 42.6 Å². The van der Waals surface area contributed by atoms with E-state index in [0.29, 0.717) is 22.2 Å². The Balaban J connectivity index is 2.02. The Morgan fingerprint density at radius 2 is 2.05 bits per heavy atom. The molecule has 1 heterocycles. The fraction of sp³-hybridized carbons (Fsp3) is 0.0714. The molecule has 108 valence electrons. The van der Waals surface area contributed by atoms with Crippen molar-refractivity contribution in [2.45, 2.75) is 0 Å². The number of thiocarbonyl (C=S) groups is 1. The van der Waals surface area contributed by atoms with E-state index >= 15 is 0 Å². The number of benzene rings is 1. The molecule has 1 amide bonds. The van der Waals surface area contributed by atoms with E-state index in [1.54, 1.807) is 36.4 Å². The van der Waals surface area contributed by atoms with E-state index in [2.05, 4.69) is 15.6 Å². The third kappa shape index (κ3) is 4.14. The number of carbonyl (C=O) groups excluding carboxylic acids is 1. The summed E-state index contributed by atoms with van der Waals surface area (Å²) in [4.78, 5) is 16.1. The second kappa shape index (κ2) is 7.01. The summed E-state index contributed by atoms with van der Waals surface area (Å²) in [7, 11) is 1.50. The number of halogens is 1. The predicted molar refractivity (Wildman–Crippen MR) is 85.9 cm³/mol. The van der Waals surface area contributed by atoms with Crippen molar-refractivity contribution in [2.75, 3.05) is 12.4 Å². The third-order valence-electron chi connectivity index (χ3n) is 2.55. The third-order valence-corrected chi connectivity index (χ3v) is 2.98. The largest absolute Gasteiger partial charge is 0.496 e. The Morgan fingerprint density at radius 3 is 2.71 bits per heavy atom. The number of anilines is 1. The zero-order valence-corrected chi connectivity index (χ0v) is 12.7. The molecule has 2 rings (SSSR count). The molecule has 5 nitrogen and oxygen atoms in total. The molecule has 0 atom stereocenters. The minimum absolute atomic E-state index is 0.140. The van der Waals surface area contributed by atoms with Gasteiger partial charge in [0.05, 0.1) is 17.7 Å². The molecule has 0 aliphatic heterocycles. The van der Waals surface area contributed by atoms with Crippen LogP contribution in [-0.2, 0) is 0 Å². The first-order chi connectivity index (χ1) is 10.1. The molecule has 1 aromatic heterocycles. The molecule has 0 aliphatic rings. The monoisotopic (exact) mass is 321 g/mol. The van der Waals surface area contributed by atoms with Crippen LogP contribution in [0.3, 0.4) is 0 Å². The van der Waals surface area contributed by atoms with Crippen molar-refractivity contribution in [2.24, 2.45) is 0 Å². The van der Waals surface area contributed by atoms with Crippen molar-refractivity contribution in [3.63, 3.8) is 0 Å². The molecular formula is C14H12ClN3O2S. The maximum atomic E-state index is 12.1. The maximum absolute atomic E-state index is 12.1. The molecule has 2 aromatic rings. The van der Waals surface area contributed by atoms with Crippen LogP contribution in [0.1, 0.15) is 10.4 Å². The molecule has 1 aromatic carbocycles. The first-order valence-corrected chi connectivity index (χ1v) is 6.75. The lowest BCUT2D eigenvalue weighted by Crippen LogP contribution is -2.34. The molecule has 0 saturated heterocycles. The number of hydrogen-bond acceptors (Lipinski definition) is 4. The molecule has 0 fully saturated rings. The lowest BCUT2D eigenvalue weighted by molar-refractivity contribution is 0.0975. The lowest BCUT2D eigenvalue weighted by Gasteiger charge is -2.11. The van der Waals surface area contributed by atoms with Gasteiger partial charge in [-0.1, -0.05) is 23.7 Å². The average Bonchev–Trinajstić information content (AvgIpc) is 2.49. The Morgan fingerprint density at radius 1 is 1.29 bits per heavy atom. The average molecular weight is 322 g/mol. The highest BCUT2D eigenvalue weighted by molar-refractivity contribution is 7.80. The number of nitrogens with zero attached hydrogens (tertiary/aromatic N) is 1. The number of pyridine rings is 1. The molecular weight excluding hydrogens is 310 g/mol. The van der Waals surface area contributed by atoms with Gasteiger partial charge in [-0.05, 0) is 36.5 Å². The summed E-state index contributed by atoms with van der Waals surface area (Å²) in [5.41, 5.74) is 0.396. The molecule has 0 saturated carbocycles.